The molecule has 0 aromatic heterocycles. The maximum atomic E-state index is 5.33. The Bertz CT molecular complexity index is 384. The van der Waals surface area contributed by atoms with E-state index in [1.807, 2.05) is 26.2 Å². The van der Waals surface area contributed by atoms with Crippen LogP contribution < -0.4 is 10.1 Å². The lowest BCUT2D eigenvalue weighted by Crippen LogP contribution is -2.12. The second-order valence-corrected chi connectivity index (χ2v) is 3.90. The molecule has 0 fully saturated rings. The minimum Gasteiger partial charge on any atom is -0.495 e. The third-order valence-corrected chi connectivity index (χ3v) is 2.56. The van der Waals surface area contributed by atoms with Crippen molar-refractivity contribution in [1.29, 1.82) is 0 Å². The predicted molar refractivity (Wildman–Crippen MR) is 69.8 cm³/mol. The summed E-state index contributed by atoms with van der Waals surface area (Å²) in [4.78, 5) is 4.36. The smallest absolute Gasteiger partial charge is 0.142 e. The first-order valence-electron chi connectivity index (χ1n) is 5.47. The van der Waals surface area contributed by atoms with Crippen LogP contribution in [0.2, 0.25) is 0 Å². The van der Waals surface area contributed by atoms with Crippen LogP contribution in [0.25, 0.3) is 0 Å². The van der Waals surface area contributed by atoms with Crippen LogP contribution in [0.15, 0.2) is 23.2 Å². The summed E-state index contributed by atoms with van der Waals surface area (Å²) in [5, 5.41) is 3.18. The fourth-order valence-electron chi connectivity index (χ4n) is 1.86. The number of benzene rings is 1. The van der Waals surface area contributed by atoms with Crippen molar-refractivity contribution in [1.82, 2.24) is 0 Å². The molecule has 3 nitrogen and oxygen atoms in total. The summed E-state index contributed by atoms with van der Waals surface area (Å²) >= 11 is 0. The van der Waals surface area contributed by atoms with Gasteiger partial charge in [-0.25, -0.2) is 0 Å². The number of nitrogens with one attached hydrogen (secondary N) is 1. The quantitative estimate of drug-likeness (QED) is 0.792. The normalized spacial score (nSPS) is 11.8. The Morgan fingerprint density at radius 2 is 2.06 bits per heavy atom. The van der Waals surface area contributed by atoms with Crippen molar-refractivity contribution < 1.29 is 4.74 Å². The molecule has 1 aromatic rings. The van der Waals surface area contributed by atoms with E-state index in [-0.39, 0.29) is 0 Å². The maximum Gasteiger partial charge on any atom is 0.142 e. The first kappa shape index (κ1) is 12.6. The van der Waals surface area contributed by atoms with E-state index in [0.717, 1.165) is 22.7 Å². The van der Waals surface area contributed by atoms with Gasteiger partial charge in [-0.1, -0.05) is 26.0 Å². The summed E-state index contributed by atoms with van der Waals surface area (Å²) in [5.74, 6) is 1.24. The van der Waals surface area contributed by atoms with Gasteiger partial charge in [0.1, 0.15) is 5.75 Å². The van der Waals surface area contributed by atoms with Crippen molar-refractivity contribution >= 4 is 11.4 Å². The van der Waals surface area contributed by atoms with E-state index >= 15 is 0 Å². The fourth-order valence-corrected chi connectivity index (χ4v) is 1.86. The maximum absolute atomic E-state index is 5.33. The van der Waals surface area contributed by atoms with Gasteiger partial charge in [0.15, 0.2) is 0 Å². The van der Waals surface area contributed by atoms with Gasteiger partial charge in [-0.3, -0.25) is 4.99 Å². The first-order valence-corrected chi connectivity index (χ1v) is 5.47. The molecular weight excluding hydrogens is 200 g/mol. The molecule has 3 heteroatoms. The van der Waals surface area contributed by atoms with Gasteiger partial charge >= 0.3 is 0 Å². The molecule has 1 rings (SSSR count). The van der Waals surface area contributed by atoms with Crippen molar-refractivity contribution in [3.8, 4) is 5.75 Å². The number of rotatable bonds is 4. The average molecular weight is 220 g/mol. The number of anilines is 1. The third-order valence-electron chi connectivity index (χ3n) is 2.56. The summed E-state index contributed by atoms with van der Waals surface area (Å²) in [6.45, 7) is 4.28. The van der Waals surface area contributed by atoms with Crippen LogP contribution in [0.1, 0.15) is 19.4 Å². The Morgan fingerprint density at radius 1 is 1.38 bits per heavy atom. The van der Waals surface area contributed by atoms with E-state index in [1.54, 1.807) is 7.11 Å². The Labute approximate surface area is 97.5 Å². The van der Waals surface area contributed by atoms with E-state index < -0.39 is 0 Å². The molecule has 0 aliphatic carbocycles. The zero-order valence-electron chi connectivity index (χ0n) is 10.7. The van der Waals surface area contributed by atoms with Gasteiger partial charge in [-0.15, -0.1) is 0 Å². The van der Waals surface area contributed by atoms with Crippen LogP contribution >= 0.6 is 0 Å². The lowest BCUT2D eigenvalue weighted by Gasteiger charge is -2.16. The van der Waals surface area contributed by atoms with Crippen molar-refractivity contribution in [2.45, 2.75) is 13.8 Å². The van der Waals surface area contributed by atoms with Gasteiger partial charge in [0.05, 0.1) is 12.8 Å². The standard InChI is InChI=1S/C13H20N2O/c1-9(2)12(14-3)10-7-6-8-11(16-5)13(10)15-4/h6-9,15H,1-5H3. The minimum atomic E-state index is 0.393. The van der Waals surface area contributed by atoms with Crippen molar-refractivity contribution in [2.24, 2.45) is 10.9 Å². The second kappa shape index (κ2) is 5.54. The molecular formula is C13H20N2O. The highest BCUT2D eigenvalue weighted by atomic mass is 16.5. The van der Waals surface area contributed by atoms with E-state index in [9.17, 15) is 0 Å². The number of hydrogen-bond acceptors (Lipinski definition) is 3. The first-order chi connectivity index (χ1) is 7.65. The number of ether oxygens (including phenoxy) is 1. The van der Waals surface area contributed by atoms with E-state index in [1.165, 1.54) is 0 Å². The van der Waals surface area contributed by atoms with Crippen LogP contribution in [0.5, 0.6) is 5.75 Å². The van der Waals surface area contributed by atoms with Crippen molar-refractivity contribution in [3.63, 3.8) is 0 Å². The molecule has 16 heavy (non-hydrogen) atoms. The molecule has 0 atom stereocenters. The van der Waals surface area contributed by atoms with Crippen LogP contribution in [0.4, 0.5) is 5.69 Å². The summed E-state index contributed by atoms with van der Waals surface area (Å²) in [6, 6.07) is 6.00. The van der Waals surface area contributed by atoms with E-state index in [2.05, 4.69) is 30.2 Å². The summed E-state index contributed by atoms with van der Waals surface area (Å²) in [6.07, 6.45) is 0. The van der Waals surface area contributed by atoms with Gasteiger partial charge in [-0.2, -0.15) is 0 Å². The van der Waals surface area contributed by atoms with Gasteiger partial charge in [0, 0.05) is 25.4 Å². The monoisotopic (exact) mass is 220 g/mol. The molecule has 0 unspecified atom stereocenters. The van der Waals surface area contributed by atoms with Crippen LogP contribution in [0.3, 0.4) is 0 Å². The molecule has 0 spiro atoms. The molecule has 0 amide bonds. The molecule has 0 aliphatic heterocycles. The number of hydrogen-bond donors (Lipinski definition) is 1. The minimum absolute atomic E-state index is 0.393. The lowest BCUT2D eigenvalue weighted by atomic mass is 9.98. The molecule has 88 valence electrons. The third kappa shape index (κ3) is 2.35. The highest BCUT2D eigenvalue weighted by molar-refractivity contribution is 6.07. The van der Waals surface area contributed by atoms with Gasteiger partial charge < -0.3 is 10.1 Å². The molecule has 1 aromatic carbocycles. The second-order valence-electron chi connectivity index (χ2n) is 3.90. The number of para-hydroxylation sites is 1. The predicted octanol–water partition coefficient (Wildman–Crippen LogP) is 2.81. The molecule has 0 bridgehead atoms. The zero-order chi connectivity index (χ0) is 12.1. The fraction of sp³-hybridized carbons (Fsp3) is 0.462. The molecule has 0 heterocycles. The van der Waals surface area contributed by atoms with Crippen LogP contribution in [0, 0.1) is 5.92 Å². The van der Waals surface area contributed by atoms with Crippen LogP contribution in [-0.2, 0) is 0 Å². The van der Waals surface area contributed by atoms with Crippen LogP contribution in [-0.4, -0.2) is 26.9 Å². The van der Waals surface area contributed by atoms with Crippen molar-refractivity contribution in [3.05, 3.63) is 23.8 Å². The highest BCUT2D eigenvalue weighted by Crippen LogP contribution is 2.29. The molecule has 0 saturated carbocycles. The van der Waals surface area contributed by atoms with Gasteiger partial charge in [0.25, 0.3) is 0 Å². The molecule has 0 aliphatic rings. The topological polar surface area (TPSA) is 33.6 Å². The lowest BCUT2D eigenvalue weighted by molar-refractivity contribution is 0.416. The van der Waals surface area contributed by atoms with Gasteiger partial charge in [-0.05, 0) is 12.0 Å². The van der Waals surface area contributed by atoms with E-state index in [0.29, 0.717) is 5.92 Å². The number of aliphatic imine (C=N–C) groups is 1. The Balaban J connectivity index is 3.32. The van der Waals surface area contributed by atoms with Gasteiger partial charge in [0.2, 0.25) is 0 Å². The molecule has 0 radical (unpaired) electrons. The summed E-state index contributed by atoms with van der Waals surface area (Å²) in [7, 11) is 5.40. The zero-order valence-corrected chi connectivity index (χ0v) is 10.7. The summed E-state index contributed by atoms with van der Waals surface area (Å²) in [5.41, 5.74) is 3.20. The molecule has 0 saturated heterocycles. The largest absolute Gasteiger partial charge is 0.495 e. The Kier molecular flexibility index (Phi) is 4.35. The molecule has 1 N–H and O–H groups in total. The summed E-state index contributed by atoms with van der Waals surface area (Å²) < 4.78 is 5.33. The number of nitrogens with zero attached hydrogens (tertiary/aromatic N) is 1. The Hall–Kier alpha value is -1.51. The highest BCUT2D eigenvalue weighted by Gasteiger charge is 2.14. The average Bonchev–Trinajstić information content (AvgIpc) is 2.29. The Morgan fingerprint density at radius 3 is 2.50 bits per heavy atom. The number of methoxy groups -OCH3 is 1. The SMILES string of the molecule is CN=C(c1cccc(OC)c1NC)C(C)C. The van der Waals surface area contributed by atoms with Crippen molar-refractivity contribution in [2.75, 3.05) is 26.5 Å². The van der Waals surface area contributed by atoms with E-state index in [4.69, 9.17) is 4.74 Å².